The van der Waals surface area contributed by atoms with Crippen LogP contribution in [0.2, 0.25) is 0 Å². The maximum absolute atomic E-state index is 12.9. The van der Waals surface area contributed by atoms with Crippen molar-refractivity contribution >= 4 is 11.9 Å². The molecule has 0 radical (unpaired) electrons. The highest BCUT2D eigenvalue weighted by molar-refractivity contribution is 5.94. The highest BCUT2D eigenvalue weighted by Crippen LogP contribution is 2.22. The Morgan fingerprint density at radius 3 is 1.58 bits per heavy atom. The monoisotopic (exact) mass is 500 g/mol. The van der Waals surface area contributed by atoms with Gasteiger partial charge in [0.15, 0.2) is 34.7 Å². The lowest BCUT2D eigenvalue weighted by molar-refractivity contribution is 0.00626. The van der Waals surface area contributed by atoms with E-state index in [1.807, 2.05) is 0 Å². The largest absolute Gasteiger partial charge is 0.476 e. The van der Waals surface area contributed by atoms with E-state index in [2.05, 4.69) is 30.1 Å². The number of carboxylic acids is 1. The number of halogens is 2. The van der Waals surface area contributed by atoms with E-state index in [1.54, 1.807) is 41.1 Å². The Hall–Kier alpha value is -4.62. The molecule has 0 aliphatic heterocycles. The normalized spacial score (nSPS) is 11.0. The minimum absolute atomic E-state index is 0.106. The molecule has 0 amide bonds. The van der Waals surface area contributed by atoms with Gasteiger partial charge >= 0.3 is 11.9 Å². The van der Waals surface area contributed by atoms with Crippen molar-refractivity contribution in [2.75, 3.05) is 0 Å². The highest BCUT2D eigenvalue weighted by atomic mass is 19.1. The van der Waals surface area contributed by atoms with Crippen LogP contribution in [0.5, 0.6) is 0 Å². The lowest BCUT2D eigenvalue weighted by atomic mass is 10.2. The van der Waals surface area contributed by atoms with Gasteiger partial charge in [-0.2, -0.15) is 10.2 Å². The summed E-state index contributed by atoms with van der Waals surface area (Å²) in [4.78, 5) is 38.1. The number of esters is 1. The molecule has 0 aliphatic carbocycles. The lowest BCUT2D eigenvalue weighted by Crippen LogP contribution is -2.24. The summed E-state index contributed by atoms with van der Waals surface area (Å²) in [5.41, 5.74) is -0.0184. The van der Waals surface area contributed by atoms with E-state index in [-0.39, 0.29) is 28.6 Å². The summed E-state index contributed by atoms with van der Waals surface area (Å²) in [6.07, 6.45) is 7.08. The van der Waals surface area contributed by atoms with Crippen LogP contribution in [0.15, 0.2) is 37.2 Å². The Kier molecular flexibility index (Phi) is 7.46. The predicted molar refractivity (Wildman–Crippen MR) is 121 cm³/mol. The number of rotatable bonds is 4. The molecule has 0 saturated heterocycles. The molecule has 0 atom stereocenters. The van der Waals surface area contributed by atoms with Crippen molar-refractivity contribution in [1.82, 2.24) is 39.5 Å². The fourth-order valence-corrected chi connectivity index (χ4v) is 2.84. The molecule has 0 spiro atoms. The van der Waals surface area contributed by atoms with Gasteiger partial charge in [-0.15, -0.1) is 0 Å². The van der Waals surface area contributed by atoms with E-state index in [9.17, 15) is 18.4 Å². The molecule has 0 aromatic carbocycles. The minimum atomic E-state index is -1.18. The zero-order chi connectivity index (χ0) is 26.6. The topological polar surface area (TPSA) is 151 Å². The van der Waals surface area contributed by atoms with Gasteiger partial charge in [0.1, 0.15) is 5.60 Å². The van der Waals surface area contributed by atoms with Crippen LogP contribution in [0, 0.1) is 11.6 Å². The molecule has 4 heterocycles. The van der Waals surface area contributed by atoms with Crippen molar-refractivity contribution in [3.8, 4) is 22.8 Å². The fraction of sp³-hybridized carbons (Fsp3) is 0.273. The van der Waals surface area contributed by atoms with Crippen LogP contribution in [0.1, 0.15) is 41.7 Å². The summed E-state index contributed by atoms with van der Waals surface area (Å²) in [6, 6.07) is 0. The van der Waals surface area contributed by atoms with Crippen molar-refractivity contribution in [2.24, 2.45) is 14.1 Å². The molecule has 0 saturated carbocycles. The Balaban J connectivity index is 0.000000205. The van der Waals surface area contributed by atoms with E-state index in [4.69, 9.17) is 9.84 Å². The number of hydrogen-bond donors (Lipinski definition) is 1. The third kappa shape index (κ3) is 6.49. The SMILES string of the molecule is Cn1cc(-c2ncc(F)cn2)c(C(=O)O)n1.Cn1cc(-c2ncc(F)cn2)c(C(=O)OC(C)(C)C)n1. The van der Waals surface area contributed by atoms with Crippen LogP contribution < -0.4 is 0 Å². The van der Waals surface area contributed by atoms with E-state index in [1.165, 1.54) is 15.6 Å². The van der Waals surface area contributed by atoms with Crippen molar-refractivity contribution in [2.45, 2.75) is 26.4 Å². The molecule has 0 fully saturated rings. The summed E-state index contributed by atoms with van der Waals surface area (Å²) in [6.45, 7) is 5.30. The van der Waals surface area contributed by atoms with Crippen LogP contribution in [0.4, 0.5) is 8.78 Å². The molecule has 4 rings (SSSR count). The molecular formula is C22H22F2N8O4. The summed E-state index contributed by atoms with van der Waals surface area (Å²) in [5, 5.41) is 16.7. The number of carbonyl (C=O) groups is 2. The second kappa shape index (κ2) is 10.3. The lowest BCUT2D eigenvalue weighted by Gasteiger charge is -2.18. The standard InChI is InChI=1S/C13H15FN4O2.C9H7FN4O2/c1-13(2,3)20-12(19)10-9(7-18(4)17-10)11-15-5-8(14)6-16-11;1-14-4-6(7(13-14)9(15)16)8-11-2-5(10)3-12-8/h5-7H,1-4H3;2-4H,1H3,(H,15,16). The number of aromatic nitrogens is 8. The third-order valence-electron chi connectivity index (χ3n) is 4.17. The van der Waals surface area contributed by atoms with Crippen molar-refractivity contribution in [3.63, 3.8) is 0 Å². The van der Waals surface area contributed by atoms with Crippen LogP contribution in [0.25, 0.3) is 22.8 Å². The first-order chi connectivity index (χ1) is 16.8. The molecule has 14 heteroatoms. The average Bonchev–Trinajstić information content (AvgIpc) is 3.37. The van der Waals surface area contributed by atoms with Crippen LogP contribution in [-0.2, 0) is 18.8 Å². The summed E-state index contributed by atoms with van der Waals surface area (Å²) in [5.74, 6) is -2.52. The fourth-order valence-electron chi connectivity index (χ4n) is 2.84. The Morgan fingerprint density at radius 1 is 0.806 bits per heavy atom. The van der Waals surface area contributed by atoms with Crippen molar-refractivity contribution in [1.29, 1.82) is 0 Å². The molecule has 4 aromatic heterocycles. The number of aryl methyl sites for hydroxylation is 2. The van der Waals surface area contributed by atoms with E-state index in [0.717, 1.165) is 24.8 Å². The van der Waals surface area contributed by atoms with Crippen molar-refractivity contribution < 1.29 is 28.2 Å². The number of carboxylic acid groups (broad SMARTS) is 1. The quantitative estimate of drug-likeness (QED) is 0.414. The highest BCUT2D eigenvalue weighted by Gasteiger charge is 2.25. The van der Waals surface area contributed by atoms with Gasteiger partial charge in [-0.05, 0) is 20.8 Å². The molecule has 1 N–H and O–H groups in total. The first kappa shape index (κ1) is 26.0. The van der Waals surface area contributed by atoms with Gasteiger partial charge in [-0.1, -0.05) is 0 Å². The first-order valence-corrected chi connectivity index (χ1v) is 10.3. The van der Waals surface area contributed by atoms with Crippen LogP contribution in [0.3, 0.4) is 0 Å². The zero-order valence-corrected chi connectivity index (χ0v) is 20.0. The van der Waals surface area contributed by atoms with Gasteiger partial charge in [0.25, 0.3) is 0 Å². The predicted octanol–water partition coefficient (Wildman–Crippen LogP) is 2.69. The average molecular weight is 500 g/mol. The third-order valence-corrected chi connectivity index (χ3v) is 4.17. The van der Waals surface area contributed by atoms with Crippen LogP contribution >= 0.6 is 0 Å². The number of aromatic carboxylic acids is 1. The Bertz CT molecular complexity index is 1380. The molecule has 0 aliphatic rings. The number of ether oxygens (including phenoxy) is 1. The minimum Gasteiger partial charge on any atom is -0.476 e. The Labute approximate surface area is 203 Å². The van der Waals surface area contributed by atoms with Gasteiger partial charge in [-0.3, -0.25) is 9.36 Å². The van der Waals surface area contributed by atoms with E-state index < -0.39 is 29.2 Å². The molecule has 36 heavy (non-hydrogen) atoms. The number of carbonyl (C=O) groups excluding carboxylic acids is 1. The molecule has 0 unspecified atom stereocenters. The zero-order valence-electron chi connectivity index (χ0n) is 20.0. The maximum atomic E-state index is 12.9. The summed E-state index contributed by atoms with van der Waals surface area (Å²) in [7, 11) is 3.25. The second-order valence-electron chi connectivity index (χ2n) is 8.39. The van der Waals surface area contributed by atoms with Gasteiger partial charge in [0, 0.05) is 26.5 Å². The van der Waals surface area contributed by atoms with E-state index in [0.29, 0.717) is 5.56 Å². The Morgan fingerprint density at radius 2 is 1.19 bits per heavy atom. The molecule has 12 nitrogen and oxygen atoms in total. The molecule has 188 valence electrons. The van der Waals surface area contributed by atoms with E-state index >= 15 is 0 Å². The number of nitrogens with zero attached hydrogens (tertiary/aromatic N) is 8. The van der Waals surface area contributed by atoms with Gasteiger partial charge in [0.2, 0.25) is 0 Å². The van der Waals surface area contributed by atoms with Gasteiger partial charge in [-0.25, -0.2) is 38.3 Å². The molecule has 4 aromatic rings. The summed E-state index contributed by atoms with van der Waals surface area (Å²) >= 11 is 0. The second-order valence-corrected chi connectivity index (χ2v) is 8.39. The van der Waals surface area contributed by atoms with Crippen LogP contribution in [-0.4, -0.2) is 62.1 Å². The molecular weight excluding hydrogens is 478 g/mol. The van der Waals surface area contributed by atoms with Crippen molar-refractivity contribution in [3.05, 3.63) is 60.2 Å². The maximum Gasteiger partial charge on any atom is 0.360 e. The molecule has 0 bridgehead atoms. The number of hydrogen-bond acceptors (Lipinski definition) is 9. The summed E-state index contributed by atoms with van der Waals surface area (Å²) < 4.78 is 33.5. The van der Waals surface area contributed by atoms with Gasteiger partial charge < -0.3 is 9.84 Å². The smallest absolute Gasteiger partial charge is 0.360 e. The van der Waals surface area contributed by atoms with Gasteiger partial charge in [0.05, 0.1) is 35.9 Å². The first-order valence-electron chi connectivity index (χ1n) is 10.3.